The summed E-state index contributed by atoms with van der Waals surface area (Å²) in [6.07, 6.45) is 9.84. The summed E-state index contributed by atoms with van der Waals surface area (Å²) >= 11 is 6.43. The van der Waals surface area contributed by atoms with E-state index in [-0.39, 0.29) is 16.5 Å². The van der Waals surface area contributed by atoms with Gasteiger partial charge in [-0.2, -0.15) is 9.78 Å². The Morgan fingerprint density at radius 2 is 1.88 bits per heavy atom. The van der Waals surface area contributed by atoms with E-state index in [0.29, 0.717) is 37.6 Å². The van der Waals surface area contributed by atoms with Crippen molar-refractivity contribution in [2.75, 3.05) is 44.2 Å². The zero-order valence-electron chi connectivity index (χ0n) is 18.3. The molecule has 1 aliphatic carbocycles. The van der Waals surface area contributed by atoms with Crippen molar-refractivity contribution in [3.05, 3.63) is 63.6 Å². The van der Waals surface area contributed by atoms with E-state index in [1.165, 1.54) is 35.9 Å². The molecule has 1 aliphatic heterocycles. The molecule has 1 aromatic carbocycles. The number of amides is 1. The van der Waals surface area contributed by atoms with E-state index in [0.717, 1.165) is 19.5 Å². The first-order valence-electron chi connectivity index (χ1n) is 11.4. The highest BCUT2D eigenvalue weighted by atomic mass is 35.5. The predicted octanol–water partition coefficient (Wildman–Crippen LogP) is 3.01. The Morgan fingerprint density at radius 3 is 2.59 bits per heavy atom. The van der Waals surface area contributed by atoms with Crippen molar-refractivity contribution in [1.29, 1.82) is 0 Å². The van der Waals surface area contributed by atoms with E-state index in [1.807, 2.05) is 30.3 Å². The number of hydrogen-bond acceptors (Lipinski definition) is 5. The highest BCUT2D eigenvalue weighted by Gasteiger charge is 2.22. The Balaban J connectivity index is 1.27. The molecular weight excluding hydrogens is 426 g/mol. The molecule has 0 saturated carbocycles. The van der Waals surface area contributed by atoms with Crippen LogP contribution >= 0.6 is 11.6 Å². The highest BCUT2D eigenvalue weighted by molar-refractivity contribution is 6.33. The zero-order chi connectivity index (χ0) is 22.3. The van der Waals surface area contributed by atoms with E-state index in [9.17, 15) is 9.59 Å². The molecule has 1 fully saturated rings. The number of para-hydroxylation sites is 1. The van der Waals surface area contributed by atoms with Crippen molar-refractivity contribution in [3.8, 4) is 5.69 Å². The number of rotatable bonds is 7. The minimum Gasteiger partial charge on any atom is -0.366 e. The lowest BCUT2D eigenvalue weighted by molar-refractivity contribution is -0.122. The third-order valence-electron chi connectivity index (χ3n) is 6.13. The highest BCUT2D eigenvalue weighted by Crippen LogP contribution is 2.23. The molecule has 170 valence electrons. The molecule has 0 spiro atoms. The summed E-state index contributed by atoms with van der Waals surface area (Å²) in [5.41, 5.74) is 2.48. The summed E-state index contributed by atoms with van der Waals surface area (Å²) in [6.45, 7) is 3.96. The molecule has 1 saturated heterocycles. The monoisotopic (exact) mass is 455 g/mol. The summed E-state index contributed by atoms with van der Waals surface area (Å²) < 4.78 is 1.32. The molecule has 32 heavy (non-hydrogen) atoms. The van der Waals surface area contributed by atoms with Gasteiger partial charge in [0.15, 0.2) is 0 Å². The van der Waals surface area contributed by atoms with Crippen molar-refractivity contribution >= 4 is 23.2 Å². The Labute approximate surface area is 193 Å². The van der Waals surface area contributed by atoms with Gasteiger partial charge >= 0.3 is 0 Å². The fraction of sp³-hybridized carbons (Fsp3) is 0.458. The first-order chi connectivity index (χ1) is 15.6. The molecule has 0 radical (unpaired) electrons. The Hall–Kier alpha value is -2.64. The van der Waals surface area contributed by atoms with E-state index in [1.54, 1.807) is 6.20 Å². The van der Waals surface area contributed by atoms with Crippen molar-refractivity contribution < 1.29 is 4.79 Å². The SMILES string of the molecule is O=C(CN1CCN(c2cnn(-c3ccccc3)c(=O)c2Cl)CC1)NCCC1=CCCCC1. The molecule has 2 heterocycles. The van der Waals surface area contributed by atoms with Crippen LogP contribution in [0.3, 0.4) is 0 Å². The van der Waals surface area contributed by atoms with Gasteiger partial charge in [0.2, 0.25) is 5.91 Å². The van der Waals surface area contributed by atoms with Crippen LogP contribution in [-0.2, 0) is 4.79 Å². The normalized spacial score (nSPS) is 17.2. The molecule has 4 rings (SSSR count). The van der Waals surface area contributed by atoms with Crippen LogP contribution in [0.25, 0.3) is 5.69 Å². The van der Waals surface area contributed by atoms with Gasteiger partial charge in [0.25, 0.3) is 5.56 Å². The second-order valence-corrected chi connectivity index (χ2v) is 8.75. The number of benzene rings is 1. The van der Waals surface area contributed by atoms with Crippen molar-refractivity contribution in [2.45, 2.75) is 32.1 Å². The Morgan fingerprint density at radius 1 is 1.09 bits per heavy atom. The van der Waals surface area contributed by atoms with Gasteiger partial charge in [-0.3, -0.25) is 14.5 Å². The molecule has 0 bridgehead atoms. The molecule has 1 amide bonds. The van der Waals surface area contributed by atoms with Crippen LogP contribution in [0.1, 0.15) is 32.1 Å². The largest absolute Gasteiger partial charge is 0.366 e. The van der Waals surface area contributed by atoms with Crippen molar-refractivity contribution in [3.63, 3.8) is 0 Å². The fourth-order valence-corrected chi connectivity index (χ4v) is 4.55. The van der Waals surface area contributed by atoms with Crippen LogP contribution in [0.5, 0.6) is 0 Å². The number of hydrogen-bond donors (Lipinski definition) is 1. The standard InChI is InChI=1S/C24H30ClN5O2/c25-23-21(17-27-30(24(23)32)20-9-5-2-6-10-20)29-15-13-28(14-16-29)18-22(31)26-12-11-19-7-3-1-4-8-19/h2,5-7,9-10,17H,1,3-4,8,11-16,18H2,(H,26,31). The van der Waals surface area contributed by atoms with Crippen LogP contribution in [-0.4, -0.2) is 59.9 Å². The number of anilines is 1. The van der Waals surface area contributed by atoms with Crippen LogP contribution < -0.4 is 15.8 Å². The lowest BCUT2D eigenvalue weighted by Gasteiger charge is -2.35. The van der Waals surface area contributed by atoms with Crippen LogP contribution in [0.15, 0.2) is 53.0 Å². The topological polar surface area (TPSA) is 70.5 Å². The second-order valence-electron chi connectivity index (χ2n) is 8.37. The smallest absolute Gasteiger partial charge is 0.292 e. The van der Waals surface area contributed by atoms with Crippen LogP contribution in [0, 0.1) is 0 Å². The number of allylic oxidation sites excluding steroid dienone is 1. The quantitative estimate of drug-likeness (QED) is 0.650. The predicted molar refractivity (Wildman–Crippen MR) is 128 cm³/mol. The van der Waals surface area contributed by atoms with Crippen LogP contribution in [0.2, 0.25) is 5.02 Å². The number of nitrogens with zero attached hydrogens (tertiary/aromatic N) is 4. The molecular formula is C24H30ClN5O2. The van der Waals surface area contributed by atoms with Gasteiger partial charge in [-0.1, -0.05) is 41.4 Å². The first kappa shape index (κ1) is 22.6. The number of nitrogens with one attached hydrogen (secondary N) is 1. The molecule has 8 heteroatoms. The van der Waals surface area contributed by atoms with Gasteiger partial charge in [0.1, 0.15) is 5.02 Å². The van der Waals surface area contributed by atoms with Crippen molar-refractivity contribution in [1.82, 2.24) is 20.0 Å². The molecule has 1 N–H and O–H groups in total. The van der Waals surface area contributed by atoms with Crippen molar-refractivity contribution in [2.24, 2.45) is 0 Å². The second kappa shape index (κ2) is 10.8. The fourth-order valence-electron chi connectivity index (χ4n) is 4.30. The molecule has 1 aromatic heterocycles. The molecule has 0 atom stereocenters. The minimum absolute atomic E-state index is 0.0695. The summed E-state index contributed by atoms with van der Waals surface area (Å²) in [5, 5.41) is 7.54. The molecule has 7 nitrogen and oxygen atoms in total. The zero-order valence-corrected chi connectivity index (χ0v) is 19.1. The van der Waals surface area contributed by atoms with Gasteiger partial charge in [0.05, 0.1) is 24.1 Å². The Bertz CT molecular complexity index is 1010. The van der Waals surface area contributed by atoms with Gasteiger partial charge in [-0.15, -0.1) is 0 Å². The maximum atomic E-state index is 12.7. The number of carbonyl (C=O) groups excluding carboxylic acids is 1. The van der Waals surface area contributed by atoms with Gasteiger partial charge in [-0.05, 0) is 44.2 Å². The molecule has 2 aliphatic rings. The lowest BCUT2D eigenvalue weighted by atomic mass is 9.97. The summed E-state index contributed by atoms with van der Waals surface area (Å²) in [7, 11) is 0. The number of piperazine rings is 1. The Kier molecular flexibility index (Phi) is 7.60. The third-order valence-corrected chi connectivity index (χ3v) is 6.49. The number of carbonyl (C=O) groups is 1. The maximum Gasteiger partial charge on any atom is 0.292 e. The summed E-state index contributed by atoms with van der Waals surface area (Å²) in [4.78, 5) is 29.2. The summed E-state index contributed by atoms with van der Waals surface area (Å²) in [6, 6.07) is 9.24. The van der Waals surface area contributed by atoms with E-state index in [2.05, 4.69) is 26.3 Å². The maximum absolute atomic E-state index is 12.7. The average Bonchev–Trinajstić information content (AvgIpc) is 2.83. The first-order valence-corrected chi connectivity index (χ1v) is 11.7. The van der Waals surface area contributed by atoms with E-state index in [4.69, 9.17) is 11.6 Å². The summed E-state index contributed by atoms with van der Waals surface area (Å²) in [5.74, 6) is 0.0695. The lowest BCUT2D eigenvalue weighted by Crippen LogP contribution is -2.50. The van der Waals surface area contributed by atoms with Gasteiger partial charge < -0.3 is 10.2 Å². The number of aromatic nitrogens is 2. The minimum atomic E-state index is -0.328. The van der Waals surface area contributed by atoms with Gasteiger partial charge in [0, 0.05) is 32.7 Å². The average molecular weight is 456 g/mol. The van der Waals surface area contributed by atoms with Gasteiger partial charge in [-0.25, -0.2) is 0 Å². The molecule has 2 aromatic rings. The van der Waals surface area contributed by atoms with Crippen LogP contribution in [0.4, 0.5) is 5.69 Å². The van der Waals surface area contributed by atoms with E-state index >= 15 is 0 Å². The number of halogens is 1. The van der Waals surface area contributed by atoms with E-state index < -0.39 is 0 Å². The molecule has 0 unspecified atom stereocenters. The third kappa shape index (κ3) is 5.58.